The van der Waals surface area contributed by atoms with Crippen LogP contribution in [0.3, 0.4) is 0 Å². The van der Waals surface area contributed by atoms with Gasteiger partial charge in [0.05, 0.1) is 30.8 Å². The molecule has 5 nitrogen and oxygen atoms in total. The van der Waals surface area contributed by atoms with Crippen LogP contribution in [0.25, 0.3) is 0 Å². The standard InChI is InChI=1S/C13H18BrNO4/c1-3-19-12-5-4-9(6-10(12)14)11(15)7-18-8-13(16)17-2/h4-6,11H,3,7-8,15H2,1-2H3. The van der Waals surface area contributed by atoms with Gasteiger partial charge in [-0.1, -0.05) is 6.07 Å². The van der Waals surface area contributed by atoms with Crippen LogP contribution in [0.1, 0.15) is 18.5 Å². The lowest BCUT2D eigenvalue weighted by atomic mass is 10.1. The molecule has 0 aromatic heterocycles. The Morgan fingerprint density at radius 3 is 2.79 bits per heavy atom. The quantitative estimate of drug-likeness (QED) is 0.774. The van der Waals surface area contributed by atoms with E-state index in [2.05, 4.69) is 20.7 Å². The largest absolute Gasteiger partial charge is 0.493 e. The number of hydrogen-bond acceptors (Lipinski definition) is 5. The average Bonchev–Trinajstić information content (AvgIpc) is 2.40. The third-order valence-electron chi connectivity index (χ3n) is 2.43. The molecule has 0 aliphatic rings. The Morgan fingerprint density at radius 1 is 1.47 bits per heavy atom. The van der Waals surface area contributed by atoms with E-state index in [0.717, 1.165) is 15.8 Å². The number of carbonyl (C=O) groups is 1. The van der Waals surface area contributed by atoms with Gasteiger partial charge in [-0.05, 0) is 40.5 Å². The van der Waals surface area contributed by atoms with Gasteiger partial charge in [0.2, 0.25) is 0 Å². The molecule has 1 aromatic carbocycles. The second kappa shape index (κ2) is 8.14. The van der Waals surface area contributed by atoms with Crippen LogP contribution < -0.4 is 10.5 Å². The van der Waals surface area contributed by atoms with Crippen molar-refractivity contribution in [1.29, 1.82) is 0 Å². The van der Waals surface area contributed by atoms with Crippen LogP contribution in [0.2, 0.25) is 0 Å². The summed E-state index contributed by atoms with van der Waals surface area (Å²) in [6.45, 7) is 2.68. The number of ether oxygens (including phenoxy) is 3. The van der Waals surface area contributed by atoms with E-state index in [1.165, 1.54) is 7.11 Å². The molecule has 0 saturated carbocycles. The lowest BCUT2D eigenvalue weighted by Crippen LogP contribution is -2.20. The van der Waals surface area contributed by atoms with Crippen molar-refractivity contribution >= 4 is 21.9 Å². The molecule has 0 amide bonds. The summed E-state index contributed by atoms with van der Waals surface area (Å²) in [7, 11) is 1.31. The van der Waals surface area contributed by atoms with Gasteiger partial charge < -0.3 is 19.9 Å². The number of halogens is 1. The van der Waals surface area contributed by atoms with Crippen molar-refractivity contribution < 1.29 is 19.0 Å². The molecule has 0 aliphatic heterocycles. The first-order valence-electron chi connectivity index (χ1n) is 5.90. The van der Waals surface area contributed by atoms with Crippen LogP contribution in [0.5, 0.6) is 5.75 Å². The zero-order chi connectivity index (χ0) is 14.3. The van der Waals surface area contributed by atoms with Gasteiger partial charge in [0.25, 0.3) is 0 Å². The van der Waals surface area contributed by atoms with Crippen LogP contribution in [0.4, 0.5) is 0 Å². The number of esters is 1. The lowest BCUT2D eigenvalue weighted by Gasteiger charge is -2.14. The van der Waals surface area contributed by atoms with Gasteiger partial charge >= 0.3 is 5.97 Å². The fourth-order valence-electron chi connectivity index (χ4n) is 1.44. The molecule has 6 heteroatoms. The normalized spacial score (nSPS) is 12.0. The van der Waals surface area contributed by atoms with Gasteiger partial charge in [-0.2, -0.15) is 0 Å². The fraction of sp³-hybridized carbons (Fsp3) is 0.462. The van der Waals surface area contributed by atoms with Crippen molar-refractivity contribution in [2.75, 3.05) is 26.9 Å². The molecule has 1 rings (SSSR count). The van der Waals surface area contributed by atoms with E-state index in [9.17, 15) is 4.79 Å². The number of methoxy groups -OCH3 is 1. The molecule has 1 aromatic rings. The van der Waals surface area contributed by atoms with Gasteiger partial charge in [0, 0.05) is 0 Å². The molecule has 19 heavy (non-hydrogen) atoms. The predicted octanol–water partition coefficient (Wildman–Crippen LogP) is 2.04. The van der Waals surface area contributed by atoms with E-state index >= 15 is 0 Å². The topological polar surface area (TPSA) is 70.8 Å². The molecule has 0 saturated heterocycles. The molecule has 0 bridgehead atoms. The van der Waals surface area contributed by atoms with Gasteiger partial charge in [-0.15, -0.1) is 0 Å². The Bertz CT molecular complexity index is 425. The maximum absolute atomic E-state index is 10.9. The van der Waals surface area contributed by atoms with E-state index in [1.807, 2.05) is 25.1 Å². The first-order valence-corrected chi connectivity index (χ1v) is 6.70. The van der Waals surface area contributed by atoms with Gasteiger partial charge in [-0.25, -0.2) is 4.79 Å². The Hall–Kier alpha value is -1.11. The molecule has 0 fully saturated rings. The summed E-state index contributed by atoms with van der Waals surface area (Å²) < 4.78 is 15.9. The minimum atomic E-state index is -0.417. The average molecular weight is 332 g/mol. The van der Waals surface area contributed by atoms with Gasteiger partial charge in [-0.3, -0.25) is 0 Å². The summed E-state index contributed by atoms with van der Waals surface area (Å²) in [6, 6.07) is 5.30. The third kappa shape index (κ3) is 5.18. The van der Waals surface area contributed by atoms with Crippen LogP contribution in [-0.4, -0.2) is 32.9 Å². The number of benzene rings is 1. The van der Waals surface area contributed by atoms with Gasteiger partial charge in [0.15, 0.2) is 0 Å². The number of rotatable bonds is 7. The smallest absolute Gasteiger partial charge is 0.331 e. The van der Waals surface area contributed by atoms with Crippen LogP contribution in [0.15, 0.2) is 22.7 Å². The zero-order valence-electron chi connectivity index (χ0n) is 11.0. The summed E-state index contributed by atoms with van der Waals surface area (Å²) in [5, 5.41) is 0. The number of carbonyl (C=O) groups excluding carboxylic acids is 1. The first kappa shape index (κ1) is 15.9. The van der Waals surface area contributed by atoms with Crippen molar-refractivity contribution in [3.05, 3.63) is 28.2 Å². The van der Waals surface area contributed by atoms with E-state index in [-0.39, 0.29) is 19.3 Å². The Kier molecular flexibility index (Phi) is 6.83. The van der Waals surface area contributed by atoms with Crippen molar-refractivity contribution in [2.45, 2.75) is 13.0 Å². The lowest BCUT2D eigenvalue weighted by molar-refractivity contribution is -0.146. The maximum Gasteiger partial charge on any atom is 0.331 e. The van der Waals surface area contributed by atoms with Crippen molar-refractivity contribution in [2.24, 2.45) is 5.73 Å². The van der Waals surface area contributed by atoms with Crippen LogP contribution in [0, 0.1) is 0 Å². The predicted molar refractivity (Wildman–Crippen MR) is 75.1 cm³/mol. The minimum absolute atomic E-state index is 0.0948. The van der Waals surface area contributed by atoms with Crippen molar-refractivity contribution in [3.63, 3.8) is 0 Å². The second-order valence-electron chi connectivity index (χ2n) is 3.82. The molecule has 0 radical (unpaired) electrons. The highest BCUT2D eigenvalue weighted by atomic mass is 79.9. The van der Waals surface area contributed by atoms with Crippen molar-refractivity contribution in [3.8, 4) is 5.75 Å². The molecule has 1 unspecified atom stereocenters. The Morgan fingerprint density at radius 2 is 2.21 bits per heavy atom. The van der Waals surface area contributed by atoms with E-state index < -0.39 is 5.97 Å². The summed E-state index contributed by atoms with van der Waals surface area (Å²) in [5.74, 6) is 0.356. The van der Waals surface area contributed by atoms with E-state index in [0.29, 0.717) is 6.61 Å². The third-order valence-corrected chi connectivity index (χ3v) is 3.05. The number of nitrogens with two attached hydrogens (primary N) is 1. The van der Waals surface area contributed by atoms with E-state index in [1.54, 1.807) is 0 Å². The summed E-state index contributed by atoms with van der Waals surface area (Å²) >= 11 is 3.42. The SMILES string of the molecule is CCOc1ccc(C(N)COCC(=O)OC)cc1Br. The highest BCUT2D eigenvalue weighted by Gasteiger charge is 2.10. The summed E-state index contributed by atoms with van der Waals surface area (Å²) in [6.07, 6.45) is 0. The van der Waals surface area contributed by atoms with Gasteiger partial charge in [0.1, 0.15) is 12.4 Å². The minimum Gasteiger partial charge on any atom is -0.493 e. The molecular formula is C13H18BrNO4. The van der Waals surface area contributed by atoms with Crippen LogP contribution >= 0.6 is 15.9 Å². The molecular weight excluding hydrogens is 314 g/mol. The molecule has 1 atom stereocenters. The Balaban J connectivity index is 2.55. The monoisotopic (exact) mass is 331 g/mol. The molecule has 0 spiro atoms. The number of hydrogen-bond donors (Lipinski definition) is 1. The highest BCUT2D eigenvalue weighted by Crippen LogP contribution is 2.27. The molecule has 106 valence electrons. The van der Waals surface area contributed by atoms with E-state index in [4.69, 9.17) is 15.2 Å². The molecule has 2 N–H and O–H groups in total. The first-order chi connectivity index (χ1) is 9.08. The Labute approximate surface area is 121 Å². The van der Waals surface area contributed by atoms with Crippen LogP contribution in [-0.2, 0) is 14.3 Å². The summed E-state index contributed by atoms with van der Waals surface area (Å²) in [5.41, 5.74) is 6.88. The zero-order valence-corrected chi connectivity index (χ0v) is 12.6. The second-order valence-corrected chi connectivity index (χ2v) is 4.67. The molecule has 0 heterocycles. The van der Waals surface area contributed by atoms with Crippen molar-refractivity contribution in [1.82, 2.24) is 0 Å². The fourth-order valence-corrected chi connectivity index (χ4v) is 1.96. The molecule has 0 aliphatic carbocycles. The highest BCUT2D eigenvalue weighted by molar-refractivity contribution is 9.10. The maximum atomic E-state index is 10.9. The summed E-state index contributed by atoms with van der Waals surface area (Å²) in [4.78, 5) is 10.9.